The molecular weight excluding hydrogens is 509 g/mol. The van der Waals surface area contributed by atoms with E-state index in [1.54, 1.807) is 29.9 Å². The number of thioether (sulfide) groups is 1. The SMILES string of the molecule is C=C([C@H]1CCCS1)N1CCC(c2cn(C)c3ncc(CC(=O)c4cccc(C#N)c4)c(C(F)(F)F)c23)CC1. The van der Waals surface area contributed by atoms with E-state index < -0.39 is 23.9 Å². The second-order valence-corrected chi connectivity index (χ2v) is 11.4. The second kappa shape index (κ2) is 10.5. The number of Topliss-reactive ketones (excluding diaryl/α,β-unsaturated/α-hetero) is 1. The number of carbonyl (C=O) groups excluding carboxylic acids is 1. The maximum Gasteiger partial charge on any atom is 0.417 e. The molecule has 2 aliphatic rings. The number of pyridine rings is 1. The predicted molar refractivity (Wildman–Crippen MR) is 143 cm³/mol. The molecule has 0 aliphatic carbocycles. The van der Waals surface area contributed by atoms with Crippen molar-refractivity contribution in [1.29, 1.82) is 5.26 Å². The highest BCUT2D eigenvalue weighted by Gasteiger charge is 2.39. The zero-order valence-corrected chi connectivity index (χ0v) is 22.0. The van der Waals surface area contributed by atoms with Crippen molar-refractivity contribution in [2.75, 3.05) is 18.8 Å². The van der Waals surface area contributed by atoms with Crippen LogP contribution in [0.2, 0.25) is 0 Å². The third-order valence-corrected chi connectivity index (χ3v) is 9.12. The third-order valence-electron chi connectivity index (χ3n) is 7.68. The smallest absolute Gasteiger partial charge is 0.374 e. The Hall–Kier alpha value is -3.25. The molecule has 2 aromatic heterocycles. The summed E-state index contributed by atoms with van der Waals surface area (Å²) in [6.07, 6.45) is 1.64. The van der Waals surface area contributed by atoms with Crippen LogP contribution in [0.3, 0.4) is 0 Å². The van der Waals surface area contributed by atoms with Crippen LogP contribution in [0.4, 0.5) is 13.2 Å². The molecule has 5 rings (SSSR count). The molecule has 0 unspecified atom stereocenters. The zero-order chi connectivity index (χ0) is 27.0. The predicted octanol–water partition coefficient (Wildman–Crippen LogP) is 6.48. The molecular formula is C29H29F3N4OS. The molecule has 2 aliphatic heterocycles. The number of rotatable bonds is 6. The average Bonchev–Trinajstić information content (AvgIpc) is 3.56. The minimum absolute atomic E-state index is 0.0415. The van der Waals surface area contributed by atoms with Crippen molar-refractivity contribution in [1.82, 2.24) is 14.5 Å². The Balaban J connectivity index is 1.47. The summed E-state index contributed by atoms with van der Waals surface area (Å²) in [6, 6.07) is 7.99. The molecule has 38 heavy (non-hydrogen) atoms. The minimum atomic E-state index is -4.66. The normalized spacial score (nSPS) is 18.6. The molecule has 2 saturated heterocycles. The van der Waals surface area contributed by atoms with Gasteiger partial charge in [-0.3, -0.25) is 4.79 Å². The number of carbonyl (C=O) groups is 1. The number of nitrogens with zero attached hydrogens (tertiary/aromatic N) is 4. The summed E-state index contributed by atoms with van der Waals surface area (Å²) in [6.45, 7) is 5.85. The number of hydrogen-bond donors (Lipinski definition) is 0. The first kappa shape index (κ1) is 26.4. The van der Waals surface area contributed by atoms with Gasteiger partial charge in [-0.25, -0.2) is 4.98 Å². The molecule has 1 atom stereocenters. The van der Waals surface area contributed by atoms with Crippen LogP contribution in [0.25, 0.3) is 11.0 Å². The largest absolute Gasteiger partial charge is 0.417 e. The van der Waals surface area contributed by atoms with Gasteiger partial charge in [0.1, 0.15) is 5.65 Å². The third kappa shape index (κ3) is 5.06. The van der Waals surface area contributed by atoms with Gasteiger partial charge in [0.05, 0.1) is 17.2 Å². The zero-order valence-electron chi connectivity index (χ0n) is 21.2. The Kier molecular flexibility index (Phi) is 7.28. The Bertz CT molecular complexity index is 1420. The first-order valence-electron chi connectivity index (χ1n) is 12.8. The summed E-state index contributed by atoms with van der Waals surface area (Å²) in [5.74, 6) is 0.626. The van der Waals surface area contributed by atoms with Crippen molar-refractivity contribution in [2.45, 2.75) is 49.4 Å². The number of aromatic nitrogens is 2. The van der Waals surface area contributed by atoms with E-state index in [1.165, 1.54) is 24.8 Å². The van der Waals surface area contributed by atoms with Gasteiger partial charge in [-0.1, -0.05) is 18.7 Å². The van der Waals surface area contributed by atoms with E-state index in [9.17, 15) is 18.0 Å². The molecule has 198 valence electrons. The number of aryl methyl sites for hydroxylation is 1. The number of piperidine rings is 1. The Morgan fingerprint density at radius 1 is 1.26 bits per heavy atom. The van der Waals surface area contributed by atoms with Crippen LogP contribution >= 0.6 is 11.8 Å². The van der Waals surface area contributed by atoms with E-state index in [4.69, 9.17) is 5.26 Å². The lowest BCUT2D eigenvalue weighted by Crippen LogP contribution is -2.34. The van der Waals surface area contributed by atoms with E-state index in [2.05, 4.69) is 16.5 Å². The van der Waals surface area contributed by atoms with E-state index in [-0.39, 0.29) is 33.6 Å². The molecule has 1 aromatic carbocycles. The number of alkyl halides is 3. The summed E-state index contributed by atoms with van der Waals surface area (Å²) in [5, 5.41) is 9.67. The van der Waals surface area contributed by atoms with E-state index >= 15 is 0 Å². The summed E-state index contributed by atoms with van der Waals surface area (Å²) in [7, 11) is 1.71. The van der Waals surface area contributed by atoms with Gasteiger partial charge in [0.25, 0.3) is 0 Å². The van der Waals surface area contributed by atoms with Crippen LogP contribution in [0.5, 0.6) is 0 Å². The fourth-order valence-corrected chi connectivity index (χ4v) is 7.03. The van der Waals surface area contributed by atoms with Gasteiger partial charge in [-0.15, -0.1) is 0 Å². The van der Waals surface area contributed by atoms with E-state index in [1.807, 2.05) is 17.8 Å². The summed E-state index contributed by atoms with van der Waals surface area (Å²) in [4.78, 5) is 19.6. The maximum atomic E-state index is 14.6. The van der Waals surface area contributed by atoms with Gasteiger partial charge in [0, 0.05) is 60.8 Å². The molecule has 0 bridgehead atoms. The van der Waals surface area contributed by atoms with Crippen LogP contribution in [0.1, 0.15) is 64.2 Å². The number of halogens is 3. The molecule has 0 radical (unpaired) electrons. The molecule has 5 nitrogen and oxygen atoms in total. The average molecular weight is 539 g/mol. The topological polar surface area (TPSA) is 61.9 Å². The fourth-order valence-electron chi connectivity index (χ4n) is 5.74. The molecule has 4 heterocycles. The lowest BCUT2D eigenvalue weighted by molar-refractivity contribution is -0.136. The quantitative estimate of drug-likeness (QED) is 0.336. The second-order valence-electron chi connectivity index (χ2n) is 10.1. The summed E-state index contributed by atoms with van der Waals surface area (Å²) in [5.41, 5.74) is 1.62. The van der Waals surface area contributed by atoms with Gasteiger partial charge in [0.2, 0.25) is 0 Å². The lowest BCUT2D eigenvalue weighted by atomic mass is 9.87. The Morgan fingerprint density at radius 3 is 2.68 bits per heavy atom. The number of fused-ring (bicyclic) bond motifs is 1. The highest BCUT2D eigenvalue weighted by atomic mass is 32.2. The van der Waals surface area contributed by atoms with Crippen molar-refractivity contribution in [3.63, 3.8) is 0 Å². The highest BCUT2D eigenvalue weighted by molar-refractivity contribution is 8.00. The standard InChI is InChI=1S/C29H29F3N4OS/c1-18(25-7-4-12-38-25)36-10-8-20(9-11-36)23-17-35(2)28-26(23)27(29(30,31)32)22(16-34-28)14-24(37)21-6-3-5-19(13-21)15-33/h3,5-6,13,16-17,20,25H,1,4,7-12,14H2,2H3/t25-/m1/s1. The van der Waals surface area contributed by atoms with Gasteiger partial charge in [0.15, 0.2) is 5.78 Å². The van der Waals surface area contributed by atoms with Gasteiger partial charge in [-0.05, 0) is 60.6 Å². The summed E-state index contributed by atoms with van der Waals surface area (Å²) >= 11 is 1.94. The van der Waals surface area contributed by atoms with Gasteiger partial charge < -0.3 is 9.47 Å². The van der Waals surface area contributed by atoms with Crippen LogP contribution in [0.15, 0.2) is 48.9 Å². The molecule has 0 N–H and O–H groups in total. The fraction of sp³-hybridized carbons (Fsp3) is 0.414. The monoisotopic (exact) mass is 538 g/mol. The van der Waals surface area contributed by atoms with Crippen LogP contribution in [-0.2, 0) is 19.6 Å². The number of ketones is 1. The number of hydrogen-bond acceptors (Lipinski definition) is 5. The van der Waals surface area contributed by atoms with Crippen LogP contribution < -0.4 is 0 Å². The van der Waals surface area contributed by atoms with Crippen molar-refractivity contribution < 1.29 is 18.0 Å². The molecule has 0 amide bonds. The minimum Gasteiger partial charge on any atom is -0.374 e. The van der Waals surface area contributed by atoms with Gasteiger partial charge in [-0.2, -0.15) is 30.2 Å². The molecule has 2 fully saturated rings. The first-order chi connectivity index (χ1) is 18.2. The Morgan fingerprint density at radius 2 is 2.03 bits per heavy atom. The maximum absolute atomic E-state index is 14.6. The molecule has 9 heteroatoms. The van der Waals surface area contributed by atoms with Crippen molar-refractivity contribution in [2.24, 2.45) is 7.05 Å². The van der Waals surface area contributed by atoms with Crippen molar-refractivity contribution in [3.8, 4) is 6.07 Å². The van der Waals surface area contributed by atoms with Crippen LogP contribution in [0, 0.1) is 11.3 Å². The van der Waals surface area contributed by atoms with Crippen molar-refractivity contribution >= 4 is 28.6 Å². The van der Waals surface area contributed by atoms with Gasteiger partial charge >= 0.3 is 6.18 Å². The molecule has 3 aromatic rings. The highest BCUT2D eigenvalue weighted by Crippen LogP contribution is 2.43. The number of likely N-dealkylation sites (tertiary alicyclic amines) is 1. The number of benzene rings is 1. The van der Waals surface area contributed by atoms with E-state index in [0.29, 0.717) is 10.8 Å². The van der Waals surface area contributed by atoms with Crippen LogP contribution in [-0.4, -0.2) is 44.3 Å². The van der Waals surface area contributed by atoms with Crippen molar-refractivity contribution in [3.05, 3.63) is 76.8 Å². The lowest BCUT2D eigenvalue weighted by Gasteiger charge is -2.36. The summed E-state index contributed by atoms with van der Waals surface area (Å²) < 4.78 is 45.6. The molecule has 0 saturated carbocycles. The van der Waals surface area contributed by atoms with E-state index in [0.717, 1.165) is 43.8 Å². The number of nitriles is 1. The molecule has 0 spiro atoms. The Labute approximate surface area is 224 Å². The first-order valence-corrected chi connectivity index (χ1v) is 13.8.